The van der Waals surface area contributed by atoms with E-state index in [0.717, 1.165) is 6.54 Å². The van der Waals surface area contributed by atoms with Gasteiger partial charge in [0, 0.05) is 18.9 Å². The smallest absolute Gasteiger partial charge is 0.0219 e. The quantitative estimate of drug-likeness (QED) is 0.649. The van der Waals surface area contributed by atoms with Crippen LogP contribution in [0.5, 0.6) is 0 Å². The van der Waals surface area contributed by atoms with Crippen molar-refractivity contribution in [3.63, 3.8) is 0 Å². The molecular weight excluding hydrogens is 182 g/mol. The highest BCUT2D eigenvalue weighted by atomic mass is 14.9. The van der Waals surface area contributed by atoms with E-state index in [1.54, 1.807) is 0 Å². The Balaban J connectivity index is 1.68. The number of hydrogen-bond acceptors (Lipinski definition) is 0. The van der Waals surface area contributed by atoms with Gasteiger partial charge in [0.05, 0.1) is 0 Å². The van der Waals surface area contributed by atoms with Gasteiger partial charge in [-0.25, -0.2) is 0 Å². The summed E-state index contributed by atoms with van der Waals surface area (Å²) in [5.74, 6) is 0. The molecule has 0 aliphatic carbocycles. The lowest BCUT2D eigenvalue weighted by molar-refractivity contribution is 0.612. The van der Waals surface area contributed by atoms with Gasteiger partial charge in [0.2, 0.25) is 0 Å². The van der Waals surface area contributed by atoms with Crippen LogP contribution in [-0.2, 0) is 13.0 Å². The molecule has 0 saturated carbocycles. The number of benzene rings is 1. The molecule has 78 valence electrons. The van der Waals surface area contributed by atoms with Gasteiger partial charge in [-0.05, 0) is 37.0 Å². The number of hydrogen-bond donors (Lipinski definition) is 0. The highest BCUT2D eigenvalue weighted by Gasteiger charge is 1.92. The molecular formula is C14H17N. The predicted octanol–water partition coefficient (Wildman–Crippen LogP) is 3.51. The summed E-state index contributed by atoms with van der Waals surface area (Å²) in [7, 11) is 0. The summed E-state index contributed by atoms with van der Waals surface area (Å²) in [5, 5.41) is 0. The summed E-state index contributed by atoms with van der Waals surface area (Å²) >= 11 is 0. The molecule has 1 heteroatoms. The maximum atomic E-state index is 2.24. The van der Waals surface area contributed by atoms with E-state index in [9.17, 15) is 0 Å². The maximum absolute atomic E-state index is 2.24. The fraction of sp³-hybridized carbons (Fsp3) is 0.286. The molecule has 0 atom stereocenters. The third kappa shape index (κ3) is 3.28. The Bertz CT molecular complexity index is 362. The van der Waals surface area contributed by atoms with E-state index in [4.69, 9.17) is 0 Å². The fourth-order valence-electron chi connectivity index (χ4n) is 1.79. The summed E-state index contributed by atoms with van der Waals surface area (Å²) in [6, 6.07) is 14.9. The molecule has 0 aliphatic rings. The van der Waals surface area contributed by atoms with Crippen molar-refractivity contribution in [3.05, 3.63) is 60.4 Å². The average Bonchev–Trinajstić information content (AvgIpc) is 2.79. The van der Waals surface area contributed by atoms with Gasteiger partial charge in [-0.2, -0.15) is 0 Å². The molecule has 2 aromatic rings. The summed E-state index contributed by atoms with van der Waals surface area (Å²) in [6.45, 7) is 1.14. The normalized spacial score (nSPS) is 10.4. The van der Waals surface area contributed by atoms with Crippen LogP contribution in [0.4, 0.5) is 0 Å². The number of aromatic nitrogens is 1. The minimum atomic E-state index is 1.14. The summed E-state index contributed by atoms with van der Waals surface area (Å²) < 4.78 is 2.24. The number of unbranched alkanes of at least 4 members (excludes halogenated alkanes) is 1. The first-order valence-corrected chi connectivity index (χ1v) is 5.60. The Morgan fingerprint density at radius 1 is 0.800 bits per heavy atom. The SMILES string of the molecule is c1ccc(CCCCn2cccc2)cc1. The fourth-order valence-corrected chi connectivity index (χ4v) is 1.79. The zero-order valence-corrected chi connectivity index (χ0v) is 8.97. The molecule has 0 spiro atoms. The Kier molecular flexibility index (Phi) is 3.61. The van der Waals surface area contributed by atoms with Crippen LogP contribution < -0.4 is 0 Å². The van der Waals surface area contributed by atoms with Gasteiger partial charge in [0.15, 0.2) is 0 Å². The molecule has 0 N–H and O–H groups in total. The molecule has 1 aromatic heterocycles. The second-order valence-electron chi connectivity index (χ2n) is 3.86. The van der Waals surface area contributed by atoms with Crippen LogP contribution in [-0.4, -0.2) is 4.57 Å². The maximum Gasteiger partial charge on any atom is 0.0219 e. The standard InChI is InChI=1S/C14H17N/c1-2-8-14(9-3-1)10-4-5-11-15-12-6-7-13-15/h1-3,6-9,12-13H,4-5,10-11H2. The van der Waals surface area contributed by atoms with Crippen molar-refractivity contribution >= 4 is 0 Å². The minimum absolute atomic E-state index is 1.14. The first-order chi connectivity index (χ1) is 7.45. The van der Waals surface area contributed by atoms with E-state index in [2.05, 4.69) is 59.4 Å². The van der Waals surface area contributed by atoms with E-state index in [1.807, 2.05) is 0 Å². The Morgan fingerprint density at radius 3 is 2.27 bits per heavy atom. The first kappa shape index (κ1) is 10.0. The number of nitrogens with zero attached hydrogens (tertiary/aromatic N) is 1. The van der Waals surface area contributed by atoms with E-state index in [0.29, 0.717) is 0 Å². The van der Waals surface area contributed by atoms with Crippen molar-refractivity contribution in [2.24, 2.45) is 0 Å². The van der Waals surface area contributed by atoms with Crippen LogP contribution in [0, 0.1) is 0 Å². The zero-order chi connectivity index (χ0) is 10.3. The van der Waals surface area contributed by atoms with Crippen molar-refractivity contribution < 1.29 is 0 Å². The lowest BCUT2D eigenvalue weighted by Crippen LogP contribution is -1.95. The predicted molar refractivity (Wildman–Crippen MR) is 63.8 cm³/mol. The monoisotopic (exact) mass is 199 g/mol. The van der Waals surface area contributed by atoms with Crippen LogP contribution in [0.15, 0.2) is 54.9 Å². The average molecular weight is 199 g/mol. The van der Waals surface area contributed by atoms with Crippen LogP contribution in [0.25, 0.3) is 0 Å². The van der Waals surface area contributed by atoms with E-state index >= 15 is 0 Å². The lowest BCUT2D eigenvalue weighted by atomic mass is 10.1. The van der Waals surface area contributed by atoms with E-state index in [1.165, 1.54) is 24.8 Å². The van der Waals surface area contributed by atoms with Crippen molar-refractivity contribution in [2.75, 3.05) is 0 Å². The Labute approximate surface area is 91.4 Å². The largest absolute Gasteiger partial charge is 0.354 e. The van der Waals surface area contributed by atoms with Gasteiger partial charge in [0.1, 0.15) is 0 Å². The van der Waals surface area contributed by atoms with Gasteiger partial charge in [-0.1, -0.05) is 30.3 Å². The van der Waals surface area contributed by atoms with Crippen LogP contribution in [0.2, 0.25) is 0 Å². The topological polar surface area (TPSA) is 4.93 Å². The van der Waals surface area contributed by atoms with Crippen molar-refractivity contribution in [2.45, 2.75) is 25.8 Å². The van der Waals surface area contributed by atoms with Crippen LogP contribution in [0.3, 0.4) is 0 Å². The molecule has 0 fully saturated rings. The molecule has 1 heterocycles. The lowest BCUT2D eigenvalue weighted by Gasteiger charge is -2.03. The van der Waals surface area contributed by atoms with Crippen molar-refractivity contribution in [1.29, 1.82) is 0 Å². The first-order valence-electron chi connectivity index (χ1n) is 5.60. The van der Waals surface area contributed by atoms with Crippen LogP contribution in [0.1, 0.15) is 18.4 Å². The van der Waals surface area contributed by atoms with Gasteiger partial charge in [-0.3, -0.25) is 0 Å². The third-order valence-electron chi connectivity index (χ3n) is 2.64. The molecule has 15 heavy (non-hydrogen) atoms. The molecule has 0 unspecified atom stereocenters. The van der Waals surface area contributed by atoms with Gasteiger partial charge in [-0.15, -0.1) is 0 Å². The van der Waals surface area contributed by atoms with Crippen molar-refractivity contribution in [1.82, 2.24) is 4.57 Å². The highest BCUT2D eigenvalue weighted by molar-refractivity contribution is 5.14. The zero-order valence-electron chi connectivity index (χ0n) is 8.97. The molecule has 2 rings (SSSR count). The number of aryl methyl sites for hydroxylation is 2. The third-order valence-corrected chi connectivity index (χ3v) is 2.64. The Morgan fingerprint density at radius 2 is 1.53 bits per heavy atom. The molecule has 0 radical (unpaired) electrons. The molecule has 0 amide bonds. The molecule has 0 aliphatic heterocycles. The Hall–Kier alpha value is -1.50. The highest BCUT2D eigenvalue weighted by Crippen LogP contribution is 2.05. The van der Waals surface area contributed by atoms with Gasteiger partial charge in [0.25, 0.3) is 0 Å². The van der Waals surface area contributed by atoms with E-state index < -0.39 is 0 Å². The van der Waals surface area contributed by atoms with E-state index in [-0.39, 0.29) is 0 Å². The van der Waals surface area contributed by atoms with Crippen molar-refractivity contribution in [3.8, 4) is 0 Å². The molecule has 0 bridgehead atoms. The summed E-state index contributed by atoms with van der Waals surface area (Å²) in [4.78, 5) is 0. The molecule has 0 saturated heterocycles. The number of rotatable bonds is 5. The molecule has 1 nitrogen and oxygen atoms in total. The van der Waals surface area contributed by atoms with Gasteiger partial charge < -0.3 is 4.57 Å². The minimum Gasteiger partial charge on any atom is -0.354 e. The molecule has 1 aromatic carbocycles. The summed E-state index contributed by atoms with van der Waals surface area (Å²) in [6.07, 6.45) is 7.97. The second kappa shape index (κ2) is 5.40. The van der Waals surface area contributed by atoms with Crippen LogP contribution >= 0.6 is 0 Å². The van der Waals surface area contributed by atoms with Gasteiger partial charge >= 0.3 is 0 Å². The summed E-state index contributed by atoms with van der Waals surface area (Å²) in [5.41, 5.74) is 1.45. The second-order valence-corrected chi connectivity index (χ2v) is 3.86.